The Morgan fingerprint density at radius 2 is 1.69 bits per heavy atom. The van der Waals surface area contributed by atoms with E-state index in [0.717, 1.165) is 41.1 Å². The number of ether oxygens (including phenoxy) is 2. The highest BCUT2D eigenvalue weighted by atomic mass is 16.5. The van der Waals surface area contributed by atoms with Crippen molar-refractivity contribution in [3.63, 3.8) is 0 Å². The fourth-order valence-corrected chi connectivity index (χ4v) is 3.22. The van der Waals surface area contributed by atoms with Crippen LogP contribution in [0.2, 0.25) is 0 Å². The second kappa shape index (κ2) is 8.09. The lowest BCUT2D eigenvalue weighted by molar-refractivity contribution is -0.113. The van der Waals surface area contributed by atoms with Gasteiger partial charge in [-0.05, 0) is 50.1 Å². The first-order valence-corrected chi connectivity index (χ1v) is 9.22. The normalized spacial score (nSPS) is 14.7. The average Bonchev–Trinajstić information content (AvgIpc) is 2.91. The van der Waals surface area contributed by atoms with Gasteiger partial charge in [0, 0.05) is 17.7 Å². The van der Waals surface area contributed by atoms with E-state index in [1.807, 2.05) is 67.3 Å². The maximum absolute atomic E-state index is 12.9. The molecule has 0 aromatic heterocycles. The molecular formula is C22H25NO3. The third-order valence-electron chi connectivity index (χ3n) is 4.29. The Labute approximate surface area is 155 Å². The summed E-state index contributed by atoms with van der Waals surface area (Å²) in [5, 5.41) is 0. The zero-order valence-electron chi connectivity index (χ0n) is 15.6. The van der Waals surface area contributed by atoms with Gasteiger partial charge >= 0.3 is 0 Å². The molecule has 0 saturated carbocycles. The maximum Gasteiger partial charge on any atom is 0.258 e. The number of carbonyl (C=O) groups excluding carboxylic acids is 1. The third kappa shape index (κ3) is 3.45. The fourth-order valence-electron chi connectivity index (χ4n) is 3.22. The standard InChI is InChI=1S/C22H25NO3/c1-4-13-23-19-10-8-7-9-17(19)18(22(23)24)14-16-11-12-20(25-5-2)21(15-16)26-6-3/h7-12,14-15H,4-6,13H2,1-3H3/b18-14-. The molecule has 0 N–H and O–H groups in total. The first-order valence-electron chi connectivity index (χ1n) is 9.22. The number of carbonyl (C=O) groups is 1. The molecule has 0 saturated heterocycles. The molecule has 1 aliphatic rings. The highest BCUT2D eigenvalue weighted by Crippen LogP contribution is 2.38. The Bertz CT molecular complexity index is 826. The van der Waals surface area contributed by atoms with Crippen LogP contribution in [0.3, 0.4) is 0 Å². The van der Waals surface area contributed by atoms with Crippen LogP contribution in [0.25, 0.3) is 11.6 Å². The van der Waals surface area contributed by atoms with Crippen LogP contribution in [0.15, 0.2) is 42.5 Å². The maximum atomic E-state index is 12.9. The molecule has 0 aliphatic carbocycles. The smallest absolute Gasteiger partial charge is 0.258 e. The van der Waals surface area contributed by atoms with Gasteiger partial charge in [-0.25, -0.2) is 0 Å². The van der Waals surface area contributed by atoms with Gasteiger partial charge in [-0.1, -0.05) is 31.2 Å². The second-order valence-electron chi connectivity index (χ2n) is 6.10. The number of amides is 1. The molecule has 0 atom stereocenters. The van der Waals surface area contributed by atoms with Gasteiger partial charge < -0.3 is 14.4 Å². The number of benzene rings is 2. The zero-order valence-corrected chi connectivity index (χ0v) is 15.6. The molecule has 0 spiro atoms. The largest absolute Gasteiger partial charge is 0.490 e. The summed E-state index contributed by atoms with van der Waals surface area (Å²) < 4.78 is 11.3. The molecule has 4 heteroatoms. The number of anilines is 1. The van der Waals surface area contributed by atoms with Crippen molar-refractivity contribution in [2.75, 3.05) is 24.7 Å². The lowest BCUT2D eigenvalue weighted by Crippen LogP contribution is -2.26. The number of hydrogen-bond donors (Lipinski definition) is 0. The summed E-state index contributed by atoms with van der Waals surface area (Å²) in [5.41, 5.74) is 3.62. The molecular weight excluding hydrogens is 326 g/mol. The minimum Gasteiger partial charge on any atom is -0.490 e. The van der Waals surface area contributed by atoms with Crippen LogP contribution in [0.4, 0.5) is 5.69 Å². The monoisotopic (exact) mass is 351 g/mol. The SMILES string of the molecule is CCCN1C(=O)/C(=C\c2ccc(OCC)c(OCC)c2)c2ccccc21. The van der Waals surface area contributed by atoms with E-state index in [4.69, 9.17) is 9.47 Å². The molecule has 0 bridgehead atoms. The first-order chi connectivity index (χ1) is 12.7. The van der Waals surface area contributed by atoms with Gasteiger partial charge in [0.25, 0.3) is 5.91 Å². The number of fused-ring (bicyclic) bond motifs is 1. The van der Waals surface area contributed by atoms with Crippen LogP contribution in [0.5, 0.6) is 11.5 Å². The number of rotatable bonds is 7. The molecule has 0 unspecified atom stereocenters. The van der Waals surface area contributed by atoms with Gasteiger partial charge in [0.15, 0.2) is 11.5 Å². The molecule has 4 nitrogen and oxygen atoms in total. The highest BCUT2D eigenvalue weighted by Gasteiger charge is 2.31. The Morgan fingerprint density at radius 1 is 0.962 bits per heavy atom. The lowest BCUT2D eigenvalue weighted by atomic mass is 10.0. The summed E-state index contributed by atoms with van der Waals surface area (Å²) in [5.74, 6) is 1.48. The van der Waals surface area contributed by atoms with Crippen LogP contribution < -0.4 is 14.4 Å². The molecule has 1 heterocycles. The van der Waals surface area contributed by atoms with Crippen molar-refractivity contribution in [2.45, 2.75) is 27.2 Å². The minimum absolute atomic E-state index is 0.0555. The van der Waals surface area contributed by atoms with E-state index in [0.29, 0.717) is 19.0 Å². The van der Waals surface area contributed by atoms with Crippen molar-refractivity contribution >= 4 is 23.2 Å². The molecule has 1 amide bonds. The van der Waals surface area contributed by atoms with Gasteiger partial charge in [-0.3, -0.25) is 4.79 Å². The van der Waals surface area contributed by atoms with Crippen molar-refractivity contribution in [1.82, 2.24) is 0 Å². The van der Waals surface area contributed by atoms with Crippen LogP contribution in [0.1, 0.15) is 38.3 Å². The second-order valence-corrected chi connectivity index (χ2v) is 6.10. The fraction of sp³-hybridized carbons (Fsp3) is 0.318. The summed E-state index contributed by atoms with van der Waals surface area (Å²) in [4.78, 5) is 14.8. The Balaban J connectivity index is 2.01. The van der Waals surface area contributed by atoms with E-state index in [9.17, 15) is 4.79 Å². The predicted octanol–water partition coefficient (Wildman–Crippen LogP) is 4.78. The van der Waals surface area contributed by atoms with Crippen molar-refractivity contribution in [2.24, 2.45) is 0 Å². The van der Waals surface area contributed by atoms with Gasteiger partial charge in [-0.15, -0.1) is 0 Å². The molecule has 3 rings (SSSR count). The van der Waals surface area contributed by atoms with E-state index in [2.05, 4.69) is 6.92 Å². The Hall–Kier alpha value is -2.75. The van der Waals surface area contributed by atoms with Crippen LogP contribution in [0, 0.1) is 0 Å². The average molecular weight is 351 g/mol. The summed E-state index contributed by atoms with van der Waals surface area (Å²) in [6.45, 7) is 7.84. The Morgan fingerprint density at radius 3 is 2.42 bits per heavy atom. The molecule has 2 aromatic carbocycles. The zero-order chi connectivity index (χ0) is 18.5. The van der Waals surface area contributed by atoms with E-state index in [1.165, 1.54) is 0 Å². The summed E-state index contributed by atoms with van der Waals surface area (Å²) in [7, 11) is 0. The van der Waals surface area contributed by atoms with Gasteiger partial charge in [0.1, 0.15) is 0 Å². The number of nitrogens with zero attached hydrogens (tertiary/aromatic N) is 1. The van der Waals surface area contributed by atoms with E-state index in [1.54, 1.807) is 0 Å². The molecule has 0 radical (unpaired) electrons. The third-order valence-corrected chi connectivity index (χ3v) is 4.29. The highest BCUT2D eigenvalue weighted by molar-refractivity contribution is 6.35. The van der Waals surface area contributed by atoms with E-state index < -0.39 is 0 Å². The predicted molar refractivity (Wildman–Crippen MR) is 106 cm³/mol. The van der Waals surface area contributed by atoms with Crippen LogP contribution in [-0.2, 0) is 4.79 Å². The molecule has 1 aliphatic heterocycles. The number of para-hydroxylation sites is 1. The summed E-state index contributed by atoms with van der Waals surface area (Å²) >= 11 is 0. The van der Waals surface area contributed by atoms with Gasteiger partial charge in [-0.2, -0.15) is 0 Å². The summed E-state index contributed by atoms with van der Waals surface area (Å²) in [6.07, 6.45) is 2.86. The minimum atomic E-state index is 0.0555. The summed E-state index contributed by atoms with van der Waals surface area (Å²) in [6, 6.07) is 13.7. The van der Waals surface area contributed by atoms with Crippen molar-refractivity contribution in [3.05, 3.63) is 53.6 Å². The van der Waals surface area contributed by atoms with Crippen LogP contribution in [-0.4, -0.2) is 25.7 Å². The number of hydrogen-bond acceptors (Lipinski definition) is 3. The molecule has 136 valence electrons. The molecule has 2 aromatic rings. The van der Waals surface area contributed by atoms with Crippen molar-refractivity contribution < 1.29 is 14.3 Å². The van der Waals surface area contributed by atoms with Crippen molar-refractivity contribution in [3.8, 4) is 11.5 Å². The van der Waals surface area contributed by atoms with E-state index in [-0.39, 0.29) is 5.91 Å². The van der Waals surface area contributed by atoms with Crippen molar-refractivity contribution in [1.29, 1.82) is 0 Å². The molecule has 0 fully saturated rings. The quantitative estimate of drug-likeness (QED) is 0.674. The first kappa shape index (κ1) is 18.1. The molecule has 26 heavy (non-hydrogen) atoms. The lowest BCUT2D eigenvalue weighted by Gasteiger charge is -2.15. The van der Waals surface area contributed by atoms with Crippen LogP contribution >= 0.6 is 0 Å². The van der Waals surface area contributed by atoms with E-state index >= 15 is 0 Å². The Kier molecular flexibility index (Phi) is 5.61. The van der Waals surface area contributed by atoms with Gasteiger partial charge in [0.2, 0.25) is 0 Å². The van der Waals surface area contributed by atoms with Gasteiger partial charge in [0.05, 0.1) is 18.9 Å². The topological polar surface area (TPSA) is 38.8 Å².